The Morgan fingerprint density at radius 1 is 1.52 bits per heavy atom. The maximum atomic E-state index is 5.70. The quantitative estimate of drug-likeness (QED) is 0.462. The molecule has 0 aromatic heterocycles. The van der Waals surface area contributed by atoms with Crippen molar-refractivity contribution in [1.29, 1.82) is 0 Å². The minimum absolute atomic E-state index is 0.0793. The zero-order valence-corrected chi connectivity index (χ0v) is 15.9. The van der Waals surface area contributed by atoms with Gasteiger partial charge in [-0.1, -0.05) is 23.5 Å². The third kappa shape index (κ3) is 4.26. The minimum Gasteiger partial charge on any atom is -0.328 e. The summed E-state index contributed by atoms with van der Waals surface area (Å²) in [6.07, 6.45) is 1.03. The molecule has 0 aromatic rings. The Hall–Kier alpha value is 0.460. The van der Waals surface area contributed by atoms with Crippen LogP contribution in [0.2, 0.25) is 0 Å². The Morgan fingerprint density at radius 2 is 2.29 bits per heavy atom. The van der Waals surface area contributed by atoms with Gasteiger partial charge < -0.3 is 9.15 Å². The number of hydrogen-bond acceptors (Lipinski definition) is 9. The average molecular weight is 371 g/mol. The fourth-order valence-electron chi connectivity index (χ4n) is 1.83. The van der Waals surface area contributed by atoms with Gasteiger partial charge in [-0.25, -0.2) is 10.4 Å². The molecule has 2 aliphatic heterocycles. The van der Waals surface area contributed by atoms with Crippen molar-refractivity contribution in [1.82, 2.24) is 21.5 Å². The van der Waals surface area contributed by atoms with E-state index in [1.54, 1.807) is 23.1 Å². The molecule has 2 unspecified atom stereocenters. The minimum atomic E-state index is -2.42. The number of fused-ring (bicyclic) bond motifs is 1. The Balaban J connectivity index is 2.11. The van der Waals surface area contributed by atoms with Crippen LogP contribution in [0.5, 0.6) is 0 Å². The third-order valence-electron chi connectivity index (χ3n) is 2.75. The van der Waals surface area contributed by atoms with E-state index in [0.717, 1.165) is 18.0 Å². The van der Waals surface area contributed by atoms with Crippen LogP contribution < -0.4 is 16.5 Å². The van der Waals surface area contributed by atoms with Gasteiger partial charge in [0.2, 0.25) is 0 Å². The van der Waals surface area contributed by atoms with Crippen molar-refractivity contribution in [2.45, 2.75) is 44.4 Å². The molecule has 11 heteroatoms. The molecule has 21 heavy (non-hydrogen) atoms. The summed E-state index contributed by atoms with van der Waals surface area (Å²) in [5, 5.41) is 6.24. The third-order valence-corrected chi connectivity index (χ3v) is 9.31. The van der Waals surface area contributed by atoms with Crippen LogP contribution in [0, 0.1) is 0 Å². The lowest BCUT2D eigenvalue weighted by Crippen LogP contribution is -2.45. The summed E-state index contributed by atoms with van der Waals surface area (Å²) in [7, 11) is 0. The van der Waals surface area contributed by atoms with Gasteiger partial charge in [0, 0.05) is 5.75 Å². The average Bonchev–Trinajstić information content (AvgIpc) is 2.92. The molecule has 0 amide bonds. The van der Waals surface area contributed by atoms with Gasteiger partial charge in [0.1, 0.15) is 0 Å². The van der Waals surface area contributed by atoms with Gasteiger partial charge >= 0.3 is 5.69 Å². The van der Waals surface area contributed by atoms with Gasteiger partial charge in [-0.3, -0.25) is 0 Å². The van der Waals surface area contributed by atoms with Crippen molar-refractivity contribution in [3.05, 3.63) is 0 Å². The van der Waals surface area contributed by atoms with E-state index in [1.807, 2.05) is 11.9 Å². The van der Waals surface area contributed by atoms with Gasteiger partial charge in [-0.2, -0.15) is 11.1 Å². The highest BCUT2D eigenvalue weighted by atomic mass is 32.9. The van der Waals surface area contributed by atoms with E-state index >= 15 is 0 Å². The maximum Gasteiger partial charge on any atom is 0.322 e. The molecule has 0 radical (unpaired) electrons. The van der Waals surface area contributed by atoms with E-state index in [-0.39, 0.29) is 10.2 Å². The van der Waals surface area contributed by atoms with Crippen LogP contribution in [-0.2, 0) is 21.0 Å². The van der Waals surface area contributed by atoms with E-state index in [1.165, 1.54) is 0 Å². The Bertz CT molecular complexity index is 450. The van der Waals surface area contributed by atoms with E-state index in [2.05, 4.69) is 42.4 Å². The molecule has 122 valence electrons. The lowest BCUT2D eigenvalue weighted by atomic mass is 10.2. The van der Waals surface area contributed by atoms with Gasteiger partial charge in [0.05, 0.1) is 11.4 Å². The van der Waals surface area contributed by atoms with Crippen molar-refractivity contribution in [2.75, 3.05) is 12.4 Å². The second-order valence-electron chi connectivity index (χ2n) is 4.93. The molecule has 7 nitrogen and oxygen atoms in total. The summed E-state index contributed by atoms with van der Waals surface area (Å²) in [5.41, 5.74) is 6.63. The zero-order chi connectivity index (χ0) is 15.5. The molecule has 2 atom stereocenters. The second kappa shape index (κ2) is 7.35. The number of nitrogens with zero attached hydrogens (tertiary/aromatic N) is 2. The number of hydrogen-bond donors (Lipinski definition) is 3. The molecule has 2 aliphatic rings. The summed E-state index contributed by atoms with van der Waals surface area (Å²) in [5.74, 6) is 1.70. The fraction of sp³-hybridized carbons (Fsp3) is 0.900. The number of amidine groups is 1. The molecule has 0 spiro atoms. The lowest BCUT2D eigenvalue weighted by molar-refractivity contribution is 0.265. The van der Waals surface area contributed by atoms with Gasteiger partial charge in [0.15, 0.2) is 11.3 Å². The first-order chi connectivity index (χ1) is 9.92. The normalized spacial score (nSPS) is 28.7. The first-order valence-electron chi connectivity index (χ1n) is 6.81. The highest BCUT2D eigenvalue weighted by molar-refractivity contribution is 8.67. The van der Waals surface area contributed by atoms with Gasteiger partial charge in [0.25, 0.3) is 0 Å². The topological polar surface area (TPSA) is 70.2 Å². The van der Waals surface area contributed by atoms with Crippen molar-refractivity contribution in [2.24, 2.45) is 5.16 Å². The molecule has 2 heterocycles. The molecule has 0 aromatic carbocycles. The summed E-state index contributed by atoms with van der Waals surface area (Å²) in [4.78, 5) is 0. The van der Waals surface area contributed by atoms with Crippen LogP contribution in [0.1, 0.15) is 34.1 Å². The first-order valence-corrected chi connectivity index (χ1v) is 11.9. The summed E-state index contributed by atoms with van der Waals surface area (Å²) in [6, 6.07) is 0. The Labute approximate surface area is 139 Å². The van der Waals surface area contributed by atoms with Crippen LogP contribution in [0.4, 0.5) is 0 Å². The standard InChI is InChI=1S/C10H22N5O2PS3/c1-5-7-20-18(19,16-6-2)17-12-8-10(3,4)21-9-11-13-14-15(8)9/h9,11,13-14H,5-7H2,1-4H3. The van der Waals surface area contributed by atoms with Crippen LogP contribution in [0.3, 0.4) is 0 Å². The highest BCUT2D eigenvalue weighted by Gasteiger charge is 2.48. The van der Waals surface area contributed by atoms with Crippen LogP contribution in [0.25, 0.3) is 0 Å². The van der Waals surface area contributed by atoms with Crippen LogP contribution >= 0.6 is 28.8 Å². The predicted molar refractivity (Wildman–Crippen MR) is 93.9 cm³/mol. The van der Waals surface area contributed by atoms with Crippen molar-refractivity contribution in [3.8, 4) is 0 Å². The molecule has 2 rings (SSSR count). The molecular formula is C10H22N5O2PS3. The Morgan fingerprint density at radius 3 is 2.95 bits per heavy atom. The fourth-order valence-corrected chi connectivity index (χ4v) is 7.16. The van der Waals surface area contributed by atoms with Crippen LogP contribution in [0.15, 0.2) is 5.16 Å². The molecule has 2 fully saturated rings. The number of oxime groups is 1. The SMILES string of the molecule is CCCSP(=S)(OCC)ON=C1N2NNNC2SC1(C)C. The summed E-state index contributed by atoms with van der Waals surface area (Å²) in [6.45, 7) is 8.77. The smallest absolute Gasteiger partial charge is 0.322 e. The lowest BCUT2D eigenvalue weighted by Gasteiger charge is -2.22. The van der Waals surface area contributed by atoms with Gasteiger partial charge in [-0.15, -0.1) is 11.8 Å². The predicted octanol–water partition coefficient (Wildman–Crippen LogP) is 2.36. The molecule has 0 bridgehead atoms. The molecule has 3 N–H and O–H groups in total. The summed E-state index contributed by atoms with van der Waals surface area (Å²) >= 11 is 8.83. The zero-order valence-electron chi connectivity index (χ0n) is 12.6. The number of hydrazine groups is 3. The van der Waals surface area contributed by atoms with E-state index in [0.29, 0.717) is 6.61 Å². The first kappa shape index (κ1) is 17.8. The maximum absolute atomic E-state index is 5.70. The summed E-state index contributed by atoms with van der Waals surface area (Å²) < 4.78 is 11.2. The number of nitrogens with one attached hydrogen (secondary N) is 3. The van der Waals surface area contributed by atoms with Crippen molar-refractivity contribution in [3.63, 3.8) is 0 Å². The largest absolute Gasteiger partial charge is 0.328 e. The second-order valence-corrected chi connectivity index (χ2v) is 13.0. The van der Waals surface area contributed by atoms with Gasteiger partial charge in [-0.05, 0) is 39.0 Å². The molecule has 0 saturated carbocycles. The van der Waals surface area contributed by atoms with E-state index in [9.17, 15) is 0 Å². The van der Waals surface area contributed by atoms with Crippen molar-refractivity contribution >= 4 is 46.5 Å². The monoisotopic (exact) mass is 371 g/mol. The van der Waals surface area contributed by atoms with Crippen molar-refractivity contribution < 1.29 is 9.15 Å². The van der Waals surface area contributed by atoms with Crippen LogP contribution in [-0.4, -0.2) is 33.4 Å². The molecule has 0 aliphatic carbocycles. The highest BCUT2D eigenvalue weighted by Crippen LogP contribution is 2.61. The molecule has 2 saturated heterocycles. The number of rotatable bonds is 7. The molecular weight excluding hydrogens is 349 g/mol. The Kier molecular flexibility index (Phi) is 6.24. The van der Waals surface area contributed by atoms with E-state index < -0.39 is 5.69 Å². The van der Waals surface area contributed by atoms with E-state index in [4.69, 9.17) is 21.0 Å². The number of thioether (sulfide) groups is 1.